The maximum absolute atomic E-state index is 13.2. The Morgan fingerprint density at radius 3 is 2.11 bits per heavy atom. The van der Waals surface area contributed by atoms with Crippen molar-refractivity contribution < 1.29 is 4.79 Å². The zero-order chi connectivity index (χ0) is 19.1. The Morgan fingerprint density at radius 1 is 0.964 bits per heavy atom. The zero-order valence-corrected chi connectivity index (χ0v) is 17.4. The summed E-state index contributed by atoms with van der Waals surface area (Å²) in [6.07, 6.45) is 7.37. The lowest BCUT2D eigenvalue weighted by Gasteiger charge is -2.55. The van der Waals surface area contributed by atoms with Crippen LogP contribution in [0.25, 0.3) is 0 Å². The molecule has 1 aromatic carbocycles. The van der Waals surface area contributed by atoms with Crippen LogP contribution in [-0.4, -0.2) is 47.0 Å². The van der Waals surface area contributed by atoms with Crippen molar-refractivity contribution in [1.29, 1.82) is 0 Å². The van der Waals surface area contributed by atoms with Gasteiger partial charge in [-0.2, -0.15) is 0 Å². The molecule has 6 rings (SSSR count). The minimum Gasteiger partial charge on any atom is -0.346 e. The highest BCUT2D eigenvalue weighted by Gasteiger charge is 2.54. The average Bonchev–Trinajstić information content (AvgIpc) is 2.68. The van der Waals surface area contributed by atoms with Crippen molar-refractivity contribution in [2.75, 3.05) is 26.2 Å². The molecule has 0 unspecified atom stereocenters. The van der Waals surface area contributed by atoms with E-state index in [9.17, 15) is 4.79 Å². The number of nitrogens with one attached hydrogen (secondary N) is 1. The van der Waals surface area contributed by atoms with Gasteiger partial charge in [-0.25, -0.2) is 0 Å². The summed E-state index contributed by atoms with van der Waals surface area (Å²) in [4.78, 5) is 17.9. The van der Waals surface area contributed by atoms with Gasteiger partial charge in [0.25, 0.3) is 0 Å². The van der Waals surface area contributed by atoms with E-state index in [1.807, 2.05) is 0 Å². The minimum atomic E-state index is -0.117. The van der Waals surface area contributed by atoms with Gasteiger partial charge < -0.3 is 10.2 Å². The summed E-state index contributed by atoms with van der Waals surface area (Å²) in [6.45, 7) is 4.76. The van der Waals surface area contributed by atoms with Gasteiger partial charge in [-0.05, 0) is 74.1 Å². The smallest absolute Gasteiger partial charge is 0.232 e. The first-order valence-corrected chi connectivity index (χ1v) is 11.4. The van der Waals surface area contributed by atoms with Crippen LogP contribution in [0.15, 0.2) is 30.3 Å². The number of carbonyl (C=O) groups is 1. The molecule has 5 fully saturated rings. The van der Waals surface area contributed by atoms with Crippen molar-refractivity contribution >= 4 is 23.2 Å². The molecule has 0 aromatic heterocycles. The summed E-state index contributed by atoms with van der Waals surface area (Å²) in [5, 5.41) is 3.82. The molecule has 4 bridgehead atoms. The van der Waals surface area contributed by atoms with Crippen LogP contribution in [0.2, 0.25) is 0 Å². The van der Waals surface area contributed by atoms with Gasteiger partial charge in [0.15, 0.2) is 5.11 Å². The van der Waals surface area contributed by atoms with E-state index in [4.69, 9.17) is 12.2 Å². The van der Waals surface area contributed by atoms with Crippen molar-refractivity contribution in [2.45, 2.75) is 45.1 Å². The van der Waals surface area contributed by atoms with Crippen molar-refractivity contribution in [1.82, 2.24) is 15.1 Å². The monoisotopic (exact) mass is 397 g/mol. The van der Waals surface area contributed by atoms with E-state index in [-0.39, 0.29) is 11.3 Å². The zero-order valence-electron chi connectivity index (χ0n) is 16.6. The van der Waals surface area contributed by atoms with Crippen LogP contribution in [0.5, 0.6) is 0 Å². The minimum absolute atomic E-state index is 0.117. The summed E-state index contributed by atoms with van der Waals surface area (Å²) in [5.41, 5.74) is 1.24. The molecule has 5 aliphatic rings. The first-order valence-electron chi connectivity index (χ1n) is 11.0. The third-order valence-electron chi connectivity index (χ3n) is 7.65. The number of hydrogen-bond donors (Lipinski definition) is 1. The SMILES string of the molecule is O=C(NC(=S)N1CCN(Cc2ccccc2)CC1)C12CC3CC(CC(C3)C1)C2. The molecular formula is C23H31N3OS. The first kappa shape index (κ1) is 18.6. The summed E-state index contributed by atoms with van der Waals surface area (Å²) in [7, 11) is 0. The van der Waals surface area contributed by atoms with Gasteiger partial charge in [-0.15, -0.1) is 0 Å². The number of hydrogen-bond acceptors (Lipinski definition) is 3. The highest BCUT2D eigenvalue weighted by Crippen LogP contribution is 2.60. The second-order valence-electron chi connectivity index (χ2n) is 9.71. The summed E-state index contributed by atoms with van der Waals surface area (Å²) in [5.74, 6) is 2.58. The second kappa shape index (κ2) is 7.42. The molecule has 1 aliphatic heterocycles. The largest absolute Gasteiger partial charge is 0.346 e. The molecule has 150 valence electrons. The third-order valence-corrected chi connectivity index (χ3v) is 8.01. The molecule has 4 aliphatic carbocycles. The van der Waals surface area contributed by atoms with Gasteiger partial charge in [-0.3, -0.25) is 9.69 Å². The van der Waals surface area contributed by atoms with E-state index in [2.05, 4.69) is 45.4 Å². The van der Waals surface area contributed by atoms with E-state index in [1.54, 1.807) is 0 Å². The Balaban J connectivity index is 1.14. The average molecular weight is 398 g/mol. The molecule has 0 radical (unpaired) electrons. The van der Waals surface area contributed by atoms with Gasteiger partial charge >= 0.3 is 0 Å². The molecule has 4 saturated carbocycles. The molecule has 1 aromatic rings. The van der Waals surface area contributed by atoms with Crippen molar-refractivity contribution in [3.8, 4) is 0 Å². The molecule has 0 spiro atoms. The first-order chi connectivity index (χ1) is 13.6. The molecule has 4 nitrogen and oxygen atoms in total. The van der Waals surface area contributed by atoms with E-state index in [1.165, 1.54) is 24.8 Å². The van der Waals surface area contributed by atoms with E-state index >= 15 is 0 Å². The fraction of sp³-hybridized carbons (Fsp3) is 0.652. The Labute approximate surface area is 173 Å². The van der Waals surface area contributed by atoms with Gasteiger partial charge in [0.05, 0.1) is 5.41 Å². The fourth-order valence-electron chi connectivity index (χ4n) is 6.65. The Morgan fingerprint density at radius 2 is 1.54 bits per heavy atom. The fourth-order valence-corrected chi connectivity index (χ4v) is 6.92. The van der Waals surface area contributed by atoms with E-state index in [0.29, 0.717) is 5.11 Å². The van der Waals surface area contributed by atoms with Crippen LogP contribution in [0, 0.1) is 23.2 Å². The lowest BCUT2D eigenvalue weighted by molar-refractivity contribution is -0.144. The second-order valence-corrected chi connectivity index (χ2v) is 10.1. The molecule has 5 heteroatoms. The topological polar surface area (TPSA) is 35.6 Å². The van der Waals surface area contributed by atoms with Gasteiger partial charge in [0, 0.05) is 32.7 Å². The Kier molecular flexibility index (Phi) is 4.92. The number of nitrogens with zero attached hydrogens (tertiary/aromatic N) is 2. The number of carbonyl (C=O) groups excluding carboxylic acids is 1. The van der Waals surface area contributed by atoms with Crippen molar-refractivity contribution in [2.24, 2.45) is 23.2 Å². The maximum atomic E-state index is 13.2. The normalized spacial score (nSPS) is 34.4. The number of benzene rings is 1. The van der Waals surface area contributed by atoms with E-state index in [0.717, 1.165) is 69.7 Å². The number of piperazine rings is 1. The lowest BCUT2D eigenvalue weighted by Crippen LogP contribution is -2.58. The molecular weight excluding hydrogens is 366 g/mol. The van der Waals surface area contributed by atoms with Crippen LogP contribution < -0.4 is 5.32 Å². The van der Waals surface area contributed by atoms with Crippen LogP contribution in [0.4, 0.5) is 0 Å². The lowest BCUT2D eigenvalue weighted by atomic mass is 9.49. The molecule has 0 atom stereocenters. The Bertz CT molecular complexity index is 706. The van der Waals surface area contributed by atoms with Crippen molar-refractivity contribution in [3.63, 3.8) is 0 Å². The van der Waals surface area contributed by atoms with Gasteiger partial charge in [0.2, 0.25) is 5.91 Å². The predicted molar refractivity (Wildman–Crippen MR) is 115 cm³/mol. The summed E-state index contributed by atoms with van der Waals surface area (Å²) in [6, 6.07) is 10.6. The summed E-state index contributed by atoms with van der Waals surface area (Å²) >= 11 is 5.65. The molecule has 1 heterocycles. The van der Waals surface area contributed by atoms with E-state index < -0.39 is 0 Å². The highest BCUT2D eigenvalue weighted by atomic mass is 32.1. The number of amides is 1. The van der Waals surface area contributed by atoms with Gasteiger partial charge in [-0.1, -0.05) is 30.3 Å². The summed E-state index contributed by atoms with van der Waals surface area (Å²) < 4.78 is 0. The van der Waals surface area contributed by atoms with Crippen LogP contribution in [0.3, 0.4) is 0 Å². The highest BCUT2D eigenvalue weighted by molar-refractivity contribution is 7.80. The Hall–Kier alpha value is -1.46. The quantitative estimate of drug-likeness (QED) is 0.793. The van der Waals surface area contributed by atoms with Crippen LogP contribution >= 0.6 is 12.2 Å². The van der Waals surface area contributed by atoms with Crippen molar-refractivity contribution in [3.05, 3.63) is 35.9 Å². The van der Waals surface area contributed by atoms with Crippen LogP contribution in [-0.2, 0) is 11.3 Å². The number of rotatable bonds is 3. The predicted octanol–water partition coefficient (Wildman–Crippen LogP) is 3.42. The number of thiocarbonyl (C=S) groups is 1. The molecule has 28 heavy (non-hydrogen) atoms. The third kappa shape index (κ3) is 3.59. The molecule has 1 saturated heterocycles. The van der Waals surface area contributed by atoms with Crippen LogP contribution in [0.1, 0.15) is 44.1 Å². The molecule has 1 N–H and O–H groups in total. The van der Waals surface area contributed by atoms with Gasteiger partial charge in [0.1, 0.15) is 0 Å². The molecule has 1 amide bonds. The maximum Gasteiger partial charge on any atom is 0.232 e. The standard InChI is InChI=1S/C23H31N3OS/c27-21(23-13-18-10-19(14-23)12-20(11-18)15-23)24-22(28)26-8-6-25(7-9-26)16-17-4-2-1-3-5-17/h1-5,18-20H,6-16H2,(H,24,27,28).